The predicted octanol–water partition coefficient (Wildman–Crippen LogP) is 2.34. The van der Waals surface area contributed by atoms with Crippen molar-refractivity contribution in [2.75, 3.05) is 45.9 Å². The number of alkyl halides is 3. The molecular weight excluding hydrogens is 321 g/mol. The molecule has 1 fully saturated rings. The first-order valence-electron chi connectivity index (χ1n) is 8.71. The maximum atomic E-state index is 12.8. The lowest BCUT2D eigenvalue weighted by atomic mass is 10.2. The van der Waals surface area contributed by atoms with E-state index in [4.69, 9.17) is 4.74 Å². The van der Waals surface area contributed by atoms with Gasteiger partial charge >= 0.3 is 6.18 Å². The van der Waals surface area contributed by atoms with Crippen molar-refractivity contribution in [3.8, 4) is 0 Å². The lowest BCUT2D eigenvalue weighted by Crippen LogP contribution is -2.56. The quantitative estimate of drug-likeness (QED) is 0.434. The summed E-state index contributed by atoms with van der Waals surface area (Å²) in [6.07, 6.45) is -3.12. The second kappa shape index (κ2) is 10.1. The summed E-state index contributed by atoms with van der Waals surface area (Å²) in [6.45, 7) is 11.1. The highest BCUT2D eigenvalue weighted by atomic mass is 19.4. The predicted molar refractivity (Wildman–Crippen MR) is 90.3 cm³/mol. The fraction of sp³-hybridized carbons (Fsp3) is 0.938. The first-order chi connectivity index (χ1) is 11.3. The Kier molecular flexibility index (Phi) is 8.83. The van der Waals surface area contributed by atoms with E-state index in [0.717, 1.165) is 18.9 Å². The lowest BCUT2D eigenvalue weighted by Gasteiger charge is -2.39. The van der Waals surface area contributed by atoms with Crippen LogP contribution in [0.4, 0.5) is 13.2 Å². The Morgan fingerprint density at radius 3 is 2.29 bits per heavy atom. The summed E-state index contributed by atoms with van der Waals surface area (Å²) in [5, 5.41) is 3.22. The first-order valence-corrected chi connectivity index (χ1v) is 8.71. The lowest BCUT2D eigenvalue weighted by molar-refractivity contribution is -0.181. The van der Waals surface area contributed by atoms with Gasteiger partial charge in [-0.15, -0.1) is 0 Å². The minimum atomic E-state index is -4.17. The Hall–Kier alpha value is -1.02. The van der Waals surface area contributed by atoms with Gasteiger partial charge in [-0.25, -0.2) is 0 Å². The van der Waals surface area contributed by atoms with Crippen LogP contribution in [-0.2, 0) is 4.74 Å². The van der Waals surface area contributed by atoms with Crippen LogP contribution in [-0.4, -0.2) is 80.0 Å². The van der Waals surface area contributed by atoms with Crippen LogP contribution in [0.1, 0.15) is 34.1 Å². The largest absolute Gasteiger partial charge is 0.403 e. The first kappa shape index (κ1) is 21.0. The number of nitrogens with one attached hydrogen (secondary N) is 1. The minimum absolute atomic E-state index is 0.214. The monoisotopic (exact) mass is 352 g/mol. The number of nitrogens with zero attached hydrogens (tertiary/aromatic N) is 3. The van der Waals surface area contributed by atoms with Crippen LogP contribution >= 0.6 is 0 Å². The average molecular weight is 352 g/mol. The molecule has 142 valence electrons. The molecule has 1 heterocycles. The molecule has 0 saturated carbocycles. The van der Waals surface area contributed by atoms with Crippen LogP contribution in [0.2, 0.25) is 0 Å². The second-order valence-corrected chi connectivity index (χ2v) is 6.25. The van der Waals surface area contributed by atoms with Crippen molar-refractivity contribution in [1.29, 1.82) is 0 Å². The van der Waals surface area contributed by atoms with Gasteiger partial charge in [0.15, 0.2) is 5.96 Å². The standard InChI is InChI=1S/C16H31F3N4O/c1-5-20-15(21-7-6-12-24-13(2)3)23-10-8-22(9-11-23)14(4)16(17,18)19/h13-14H,5-12H2,1-4H3,(H,20,21). The van der Waals surface area contributed by atoms with Gasteiger partial charge in [-0.1, -0.05) is 0 Å². The van der Waals surface area contributed by atoms with Gasteiger partial charge in [-0.05, 0) is 34.1 Å². The van der Waals surface area contributed by atoms with Crippen LogP contribution in [0.15, 0.2) is 4.99 Å². The molecule has 1 aliphatic rings. The fourth-order valence-corrected chi connectivity index (χ4v) is 2.52. The van der Waals surface area contributed by atoms with Crippen LogP contribution in [0.5, 0.6) is 0 Å². The van der Waals surface area contributed by atoms with E-state index in [1.54, 1.807) is 0 Å². The molecular formula is C16H31F3N4O. The third-order valence-corrected chi connectivity index (χ3v) is 3.99. The highest BCUT2D eigenvalue weighted by Crippen LogP contribution is 2.25. The van der Waals surface area contributed by atoms with Gasteiger partial charge in [-0.2, -0.15) is 13.2 Å². The van der Waals surface area contributed by atoms with Crippen molar-refractivity contribution in [3.05, 3.63) is 0 Å². The minimum Gasteiger partial charge on any atom is -0.379 e. The van der Waals surface area contributed by atoms with Crippen LogP contribution < -0.4 is 5.32 Å². The maximum Gasteiger partial charge on any atom is 0.403 e. The van der Waals surface area contributed by atoms with E-state index in [-0.39, 0.29) is 6.10 Å². The zero-order chi connectivity index (χ0) is 18.2. The van der Waals surface area contributed by atoms with Gasteiger partial charge in [-0.3, -0.25) is 9.89 Å². The number of piperazine rings is 1. The summed E-state index contributed by atoms with van der Waals surface area (Å²) in [5.74, 6) is 0.779. The molecule has 1 rings (SSSR count). The summed E-state index contributed by atoms with van der Waals surface area (Å²) >= 11 is 0. The summed E-state index contributed by atoms with van der Waals surface area (Å²) < 4.78 is 43.9. The molecule has 8 heteroatoms. The molecule has 1 unspecified atom stereocenters. The Bertz CT molecular complexity index is 380. The maximum absolute atomic E-state index is 12.8. The molecule has 24 heavy (non-hydrogen) atoms. The molecule has 0 amide bonds. The SMILES string of the molecule is CCNC(=NCCCOC(C)C)N1CCN(C(C)C(F)(F)F)CC1. The van der Waals surface area contributed by atoms with E-state index in [2.05, 4.69) is 10.3 Å². The molecule has 0 aromatic carbocycles. The zero-order valence-electron chi connectivity index (χ0n) is 15.2. The average Bonchev–Trinajstić information content (AvgIpc) is 2.52. The molecule has 5 nitrogen and oxygen atoms in total. The van der Waals surface area contributed by atoms with E-state index < -0.39 is 12.2 Å². The Morgan fingerprint density at radius 2 is 1.79 bits per heavy atom. The topological polar surface area (TPSA) is 40.1 Å². The molecule has 0 aromatic heterocycles. The van der Waals surface area contributed by atoms with Crippen molar-refractivity contribution in [3.63, 3.8) is 0 Å². The Balaban J connectivity index is 2.47. The van der Waals surface area contributed by atoms with E-state index in [9.17, 15) is 13.2 Å². The van der Waals surface area contributed by atoms with E-state index in [1.165, 1.54) is 11.8 Å². The summed E-state index contributed by atoms with van der Waals surface area (Å²) in [6, 6.07) is -1.40. The van der Waals surface area contributed by atoms with Gasteiger partial charge in [0.25, 0.3) is 0 Å². The number of hydrogen-bond donors (Lipinski definition) is 1. The van der Waals surface area contributed by atoms with Gasteiger partial charge in [0.1, 0.15) is 6.04 Å². The molecule has 1 aliphatic heterocycles. The zero-order valence-corrected chi connectivity index (χ0v) is 15.2. The van der Waals surface area contributed by atoms with Crippen molar-refractivity contribution < 1.29 is 17.9 Å². The van der Waals surface area contributed by atoms with Gasteiger partial charge in [0.05, 0.1) is 6.10 Å². The van der Waals surface area contributed by atoms with E-state index >= 15 is 0 Å². The molecule has 0 radical (unpaired) electrons. The summed E-state index contributed by atoms with van der Waals surface area (Å²) in [5.41, 5.74) is 0. The highest BCUT2D eigenvalue weighted by molar-refractivity contribution is 5.80. The number of halogens is 3. The van der Waals surface area contributed by atoms with E-state index in [1.807, 2.05) is 25.7 Å². The number of ether oxygens (including phenoxy) is 1. The third-order valence-electron chi connectivity index (χ3n) is 3.99. The van der Waals surface area contributed by atoms with Crippen LogP contribution in [0, 0.1) is 0 Å². The molecule has 1 saturated heterocycles. The van der Waals surface area contributed by atoms with Crippen molar-refractivity contribution >= 4 is 5.96 Å². The Labute approximate surface area is 143 Å². The second-order valence-electron chi connectivity index (χ2n) is 6.25. The number of guanidine groups is 1. The number of rotatable bonds is 7. The third kappa shape index (κ3) is 7.25. The molecule has 1 N–H and O–H groups in total. The van der Waals surface area contributed by atoms with E-state index in [0.29, 0.717) is 39.3 Å². The van der Waals surface area contributed by atoms with Crippen molar-refractivity contribution in [2.24, 2.45) is 4.99 Å². The molecule has 0 aliphatic carbocycles. The summed E-state index contributed by atoms with van der Waals surface area (Å²) in [7, 11) is 0. The van der Waals surface area contributed by atoms with Crippen molar-refractivity contribution in [1.82, 2.24) is 15.1 Å². The number of aliphatic imine (C=N–C) groups is 1. The molecule has 0 spiro atoms. The smallest absolute Gasteiger partial charge is 0.379 e. The van der Waals surface area contributed by atoms with Gasteiger partial charge in [0.2, 0.25) is 0 Å². The fourth-order valence-electron chi connectivity index (χ4n) is 2.52. The Morgan fingerprint density at radius 1 is 1.17 bits per heavy atom. The highest BCUT2D eigenvalue weighted by Gasteiger charge is 2.41. The van der Waals surface area contributed by atoms with Gasteiger partial charge < -0.3 is 15.0 Å². The van der Waals surface area contributed by atoms with Crippen molar-refractivity contribution in [2.45, 2.75) is 52.4 Å². The molecule has 0 bridgehead atoms. The number of hydrogen-bond acceptors (Lipinski definition) is 3. The van der Waals surface area contributed by atoms with Gasteiger partial charge in [0, 0.05) is 45.9 Å². The van der Waals surface area contributed by atoms with Crippen LogP contribution in [0.25, 0.3) is 0 Å². The van der Waals surface area contributed by atoms with Crippen LogP contribution in [0.3, 0.4) is 0 Å². The molecule has 1 atom stereocenters. The molecule has 0 aromatic rings. The normalized spacial score (nSPS) is 19.0. The summed E-state index contributed by atoms with van der Waals surface area (Å²) in [4.78, 5) is 8.08.